The zero-order valence-electron chi connectivity index (χ0n) is 14.1. The molecule has 1 aliphatic rings. The highest BCUT2D eigenvalue weighted by Gasteiger charge is 2.10. The van der Waals surface area contributed by atoms with Crippen LogP contribution in [0.2, 0.25) is 0 Å². The fraction of sp³-hybridized carbons (Fsp3) is 0.526. The fourth-order valence-corrected chi connectivity index (χ4v) is 2.84. The quantitative estimate of drug-likeness (QED) is 0.393. The van der Waals surface area contributed by atoms with E-state index in [2.05, 4.69) is 28.6 Å². The summed E-state index contributed by atoms with van der Waals surface area (Å²) in [5, 5.41) is 16.3. The van der Waals surface area contributed by atoms with Crippen LogP contribution in [0.15, 0.2) is 47.0 Å². The lowest BCUT2D eigenvalue weighted by atomic mass is 10.0. The number of guanidine groups is 1. The van der Waals surface area contributed by atoms with Gasteiger partial charge in [0, 0.05) is 19.0 Å². The first-order valence-corrected chi connectivity index (χ1v) is 8.69. The molecule has 126 valence electrons. The number of allylic oxidation sites excluding steroid dienone is 1. The average molecular weight is 315 g/mol. The predicted octanol–water partition coefficient (Wildman–Crippen LogP) is 2.82. The van der Waals surface area contributed by atoms with Gasteiger partial charge in [-0.05, 0) is 38.2 Å². The number of hydrogen-bond acceptors (Lipinski definition) is 2. The third-order valence-electron chi connectivity index (χ3n) is 4.18. The number of nitrogens with zero attached hydrogens (tertiary/aromatic N) is 1. The molecule has 4 nitrogen and oxygen atoms in total. The lowest BCUT2D eigenvalue weighted by molar-refractivity contribution is 0.268. The number of rotatable bonds is 8. The van der Waals surface area contributed by atoms with E-state index in [-0.39, 0.29) is 12.5 Å². The Morgan fingerprint density at radius 1 is 1.26 bits per heavy atom. The van der Waals surface area contributed by atoms with E-state index in [9.17, 15) is 5.11 Å². The van der Waals surface area contributed by atoms with Crippen molar-refractivity contribution in [3.05, 3.63) is 47.5 Å². The van der Waals surface area contributed by atoms with Gasteiger partial charge in [-0.1, -0.05) is 42.0 Å². The van der Waals surface area contributed by atoms with Gasteiger partial charge in [0.15, 0.2) is 5.96 Å². The lowest BCUT2D eigenvalue weighted by Gasteiger charge is -2.15. The van der Waals surface area contributed by atoms with E-state index in [0.717, 1.165) is 31.0 Å². The van der Waals surface area contributed by atoms with E-state index in [1.54, 1.807) is 5.57 Å². The van der Waals surface area contributed by atoms with Crippen molar-refractivity contribution < 1.29 is 5.11 Å². The summed E-state index contributed by atoms with van der Waals surface area (Å²) in [4.78, 5) is 4.64. The van der Waals surface area contributed by atoms with Gasteiger partial charge in [-0.3, -0.25) is 4.99 Å². The molecule has 0 bridgehead atoms. The van der Waals surface area contributed by atoms with Crippen LogP contribution >= 0.6 is 0 Å². The van der Waals surface area contributed by atoms with Crippen molar-refractivity contribution in [3.8, 4) is 0 Å². The number of aliphatic hydroxyl groups is 1. The summed E-state index contributed by atoms with van der Waals surface area (Å²) in [5.41, 5.74) is 2.69. The number of aliphatic imine (C=N–C) groups is 1. The zero-order valence-corrected chi connectivity index (χ0v) is 14.1. The highest BCUT2D eigenvalue weighted by Crippen LogP contribution is 2.19. The molecule has 3 N–H and O–H groups in total. The van der Waals surface area contributed by atoms with E-state index in [0.29, 0.717) is 6.54 Å². The lowest BCUT2D eigenvalue weighted by Crippen LogP contribution is -2.38. The normalized spacial score (nSPS) is 16.1. The first-order chi connectivity index (χ1) is 11.3. The smallest absolute Gasteiger partial charge is 0.191 e. The van der Waals surface area contributed by atoms with Gasteiger partial charge in [0.1, 0.15) is 0 Å². The molecule has 1 aromatic carbocycles. The summed E-state index contributed by atoms with van der Waals surface area (Å²) in [5.74, 6) is 0.879. The zero-order chi connectivity index (χ0) is 16.3. The van der Waals surface area contributed by atoms with Crippen LogP contribution in [0.25, 0.3) is 0 Å². The molecule has 1 aliphatic carbocycles. The van der Waals surface area contributed by atoms with Crippen LogP contribution in [0, 0.1) is 0 Å². The molecule has 1 unspecified atom stereocenters. The van der Waals surface area contributed by atoms with Crippen molar-refractivity contribution in [1.82, 2.24) is 10.6 Å². The van der Waals surface area contributed by atoms with E-state index >= 15 is 0 Å². The first kappa shape index (κ1) is 17.5. The summed E-state index contributed by atoms with van der Waals surface area (Å²) < 4.78 is 0. The summed E-state index contributed by atoms with van der Waals surface area (Å²) >= 11 is 0. The number of aliphatic hydroxyl groups excluding tert-OH is 1. The van der Waals surface area contributed by atoms with Gasteiger partial charge < -0.3 is 15.7 Å². The van der Waals surface area contributed by atoms with Gasteiger partial charge in [0.25, 0.3) is 0 Å². The molecule has 1 aromatic rings. The summed E-state index contributed by atoms with van der Waals surface area (Å²) in [6.07, 6.45) is 7.24. The van der Waals surface area contributed by atoms with Gasteiger partial charge in [0.05, 0.1) is 13.2 Å². The van der Waals surface area contributed by atoms with Crippen LogP contribution in [-0.2, 0) is 0 Å². The van der Waals surface area contributed by atoms with E-state index in [4.69, 9.17) is 0 Å². The van der Waals surface area contributed by atoms with Gasteiger partial charge in [-0.25, -0.2) is 0 Å². The molecule has 0 saturated heterocycles. The highest BCUT2D eigenvalue weighted by molar-refractivity contribution is 5.79. The minimum absolute atomic E-state index is 0.0456. The molecular formula is C19H29N3O. The molecule has 2 rings (SSSR count). The van der Waals surface area contributed by atoms with Gasteiger partial charge in [-0.2, -0.15) is 0 Å². The van der Waals surface area contributed by atoms with Crippen LogP contribution in [-0.4, -0.2) is 37.3 Å². The number of hydrogen-bond donors (Lipinski definition) is 3. The second-order valence-electron chi connectivity index (χ2n) is 5.94. The minimum atomic E-state index is 0.0456. The molecule has 0 saturated carbocycles. The SMILES string of the molecule is CCNC(=NCC(CO)c1ccccc1)NCCC1=CCCC1. The highest BCUT2D eigenvalue weighted by atomic mass is 16.3. The second-order valence-corrected chi connectivity index (χ2v) is 5.94. The number of nitrogens with one attached hydrogen (secondary N) is 2. The Hall–Kier alpha value is -1.81. The Bertz CT molecular complexity index is 511. The Balaban J connectivity index is 1.86. The standard InChI is InChI=1S/C19H29N3O/c1-2-20-19(21-13-12-16-8-6-7-9-16)22-14-18(15-23)17-10-4-3-5-11-17/h3-5,8,10-11,18,23H,2,6-7,9,12-15H2,1H3,(H2,20,21,22). The number of benzene rings is 1. The monoisotopic (exact) mass is 315 g/mol. The maximum Gasteiger partial charge on any atom is 0.191 e. The molecule has 0 aromatic heterocycles. The minimum Gasteiger partial charge on any atom is -0.396 e. The molecular weight excluding hydrogens is 286 g/mol. The largest absolute Gasteiger partial charge is 0.396 e. The second kappa shape index (κ2) is 10.1. The van der Waals surface area contributed by atoms with E-state index < -0.39 is 0 Å². The van der Waals surface area contributed by atoms with Crippen molar-refractivity contribution in [2.45, 2.75) is 38.5 Å². The summed E-state index contributed by atoms with van der Waals surface area (Å²) in [6, 6.07) is 10.1. The van der Waals surface area contributed by atoms with Gasteiger partial charge in [0.2, 0.25) is 0 Å². The van der Waals surface area contributed by atoms with Crippen LogP contribution in [0.3, 0.4) is 0 Å². The molecule has 1 atom stereocenters. The molecule has 0 fully saturated rings. The first-order valence-electron chi connectivity index (χ1n) is 8.69. The molecule has 4 heteroatoms. The van der Waals surface area contributed by atoms with Crippen LogP contribution in [0.5, 0.6) is 0 Å². The molecule has 0 heterocycles. The third kappa shape index (κ3) is 6.06. The van der Waals surface area contributed by atoms with Crippen LogP contribution in [0.1, 0.15) is 44.1 Å². The van der Waals surface area contributed by atoms with E-state index in [1.807, 2.05) is 30.3 Å². The molecule has 23 heavy (non-hydrogen) atoms. The molecule has 0 spiro atoms. The Labute approximate surface area is 139 Å². The van der Waals surface area contributed by atoms with Gasteiger partial charge >= 0.3 is 0 Å². The van der Waals surface area contributed by atoms with Crippen molar-refractivity contribution in [2.24, 2.45) is 4.99 Å². The van der Waals surface area contributed by atoms with Gasteiger partial charge in [-0.15, -0.1) is 0 Å². The topological polar surface area (TPSA) is 56.7 Å². The maximum atomic E-state index is 9.62. The Morgan fingerprint density at radius 2 is 2.09 bits per heavy atom. The summed E-state index contributed by atoms with van der Waals surface area (Å²) in [7, 11) is 0. The maximum absolute atomic E-state index is 9.62. The van der Waals surface area contributed by atoms with Crippen molar-refractivity contribution in [3.63, 3.8) is 0 Å². The third-order valence-corrected chi connectivity index (χ3v) is 4.18. The summed E-state index contributed by atoms with van der Waals surface area (Å²) in [6.45, 7) is 4.51. The average Bonchev–Trinajstić information content (AvgIpc) is 3.10. The molecule has 0 amide bonds. The Morgan fingerprint density at radius 3 is 2.74 bits per heavy atom. The van der Waals surface area contributed by atoms with Crippen molar-refractivity contribution in [1.29, 1.82) is 0 Å². The molecule has 0 radical (unpaired) electrons. The van der Waals surface area contributed by atoms with Crippen LogP contribution in [0.4, 0.5) is 0 Å². The predicted molar refractivity (Wildman–Crippen MR) is 96.8 cm³/mol. The Kier molecular flexibility index (Phi) is 7.67. The molecule has 0 aliphatic heterocycles. The van der Waals surface area contributed by atoms with Crippen molar-refractivity contribution >= 4 is 5.96 Å². The van der Waals surface area contributed by atoms with E-state index in [1.165, 1.54) is 19.3 Å². The van der Waals surface area contributed by atoms with Crippen LogP contribution < -0.4 is 10.6 Å². The van der Waals surface area contributed by atoms with Crippen molar-refractivity contribution in [2.75, 3.05) is 26.2 Å². The fourth-order valence-electron chi connectivity index (χ4n) is 2.84.